The largest absolute Gasteiger partial charge is 0.416 e. The first-order valence-electron chi connectivity index (χ1n) is 7.86. The van der Waals surface area contributed by atoms with Crippen LogP contribution in [0.4, 0.5) is 0 Å². The second kappa shape index (κ2) is 6.13. The SMILES string of the molecule is Cc1cccc(-c2ccc(-c3nnc(-c4ccccc4)o3)cc2)c1. The van der Waals surface area contributed by atoms with Crippen molar-refractivity contribution in [1.82, 2.24) is 10.2 Å². The highest BCUT2D eigenvalue weighted by Crippen LogP contribution is 2.26. The Labute approximate surface area is 140 Å². The second-order valence-electron chi connectivity index (χ2n) is 5.73. The van der Waals surface area contributed by atoms with E-state index < -0.39 is 0 Å². The number of nitrogens with zero attached hydrogens (tertiary/aromatic N) is 2. The average molecular weight is 312 g/mol. The van der Waals surface area contributed by atoms with E-state index in [9.17, 15) is 0 Å². The van der Waals surface area contributed by atoms with Crippen molar-refractivity contribution in [3.8, 4) is 34.0 Å². The monoisotopic (exact) mass is 312 g/mol. The van der Waals surface area contributed by atoms with Gasteiger partial charge in [0.25, 0.3) is 0 Å². The Bertz CT molecular complexity index is 957. The predicted octanol–water partition coefficient (Wildman–Crippen LogP) is 5.38. The lowest BCUT2D eigenvalue weighted by Gasteiger charge is -2.03. The van der Waals surface area contributed by atoms with Gasteiger partial charge in [-0.25, -0.2) is 0 Å². The van der Waals surface area contributed by atoms with Crippen LogP contribution in [0.1, 0.15) is 5.56 Å². The molecule has 0 saturated heterocycles. The van der Waals surface area contributed by atoms with E-state index >= 15 is 0 Å². The van der Waals surface area contributed by atoms with Gasteiger partial charge in [-0.05, 0) is 42.3 Å². The van der Waals surface area contributed by atoms with Crippen molar-refractivity contribution in [2.45, 2.75) is 6.92 Å². The van der Waals surface area contributed by atoms with Crippen molar-refractivity contribution in [3.63, 3.8) is 0 Å². The average Bonchev–Trinajstić information content (AvgIpc) is 3.13. The van der Waals surface area contributed by atoms with Crippen LogP contribution in [0.2, 0.25) is 0 Å². The molecule has 0 aliphatic carbocycles. The van der Waals surface area contributed by atoms with Gasteiger partial charge < -0.3 is 4.42 Å². The Morgan fingerprint density at radius 1 is 0.583 bits per heavy atom. The van der Waals surface area contributed by atoms with Crippen molar-refractivity contribution in [1.29, 1.82) is 0 Å². The maximum atomic E-state index is 5.80. The van der Waals surface area contributed by atoms with Gasteiger partial charge in [-0.3, -0.25) is 0 Å². The number of benzene rings is 3. The van der Waals surface area contributed by atoms with Crippen LogP contribution >= 0.6 is 0 Å². The maximum Gasteiger partial charge on any atom is 0.248 e. The van der Waals surface area contributed by atoms with Crippen LogP contribution in [0.25, 0.3) is 34.0 Å². The summed E-state index contributed by atoms with van der Waals surface area (Å²) in [5, 5.41) is 8.30. The summed E-state index contributed by atoms with van der Waals surface area (Å²) in [6, 6.07) is 26.4. The fourth-order valence-electron chi connectivity index (χ4n) is 2.67. The smallest absolute Gasteiger partial charge is 0.248 e. The molecule has 0 aliphatic rings. The highest BCUT2D eigenvalue weighted by Gasteiger charge is 2.10. The van der Waals surface area contributed by atoms with Gasteiger partial charge >= 0.3 is 0 Å². The van der Waals surface area contributed by atoms with E-state index in [0.29, 0.717) is 11.8 Å². The van der Waals surface area contributed by atoms with Gasteiger partial charge in [-0.1, -0.05) is 60.2 Å². The second-order valence-corrected chi connectivity index (χ2v) is 5.73. The molecule has 24 heavy (non-hydrogen) atoms. The molecule has 0 atom stereocenters. The van der Waals surface area contributed by atoms with Crippen molar-refractivity contribution in [2.24, 2.45) is 0 Å². The van der Waals surface area contributed by atoms with Crippen LogP contribution in [0, 0.1) is 6.92 Å². The van der Waals surface area contributed by atoms with Crippen molar-refractivity contribution < 1.29 is 4.42 Å². The molecule has 0 amide bonds. The van der Waals surface area contributed by atoms with Gasteiger partial charge in [0.05, 0.1) is 0 Å². The van der Waals surface area contributed by atoms with E-state index in [2.05, 4.69) is 53.5 Å². The summed E-state index contributed by atoms with van der Waals surface area (Å²) in [7, 11) is 0. The van der Waals surface area contributed by atoms with Gasteiger partial charge in [0, 0.05) is 11.1 Å². The first-order chi connectivity index (χ1) is 11.8. The molecule has 116 valence electrons. The van der Waals surface area contributed by atoms with E-state index in [-0.39, 0.29) is 0 Å². The molecule has 0 bridgehead atoms. The quantitative estimate of drug-likeness (QED) is 0.510. The summed E-state index contributed by atoms with van der Waals surface area (Å²) in [6.45, 7) is 2.10. The van der Waals surface area contributed by atoms with E-state index in [1.165, 1.54) is 16.7 Å². The zero-order valence-corrected chi connectivity index (χ0v) is 13.3. The van der Waals surface area contributed by atoms with E-state index in [1.807, 2.05) is 42.5 Å². The molecule has 3 nitrogen and oxygen atoms in total. The van der Waals surface area contributed by atoms with Crippen LogP contribution in [0.15, 0.2) is 83.3 Å². The molecule has 4 aromatic rings. The molecule has 1 heterocycles. The molecule has 0 radical (unpaired) electrons. The summed E-state index contributed by atoms with van der Waals surface area (Å²) in [5.41, 5.74) is 5.47. The molecule has 4 rings (SSSR count). The van der Waals surface area contributed by atoms with E-state index in [4.69, 9.17) is 4.42 Å². The number of hydrogen-bond acceptors (Lipinski definition) is 3. The maximum absolute atomic E-state index is 5.80. The summed E-state index contributed by atoms with van der Waals surface area (Å²) in [6.07, 6.45) is 0. The van der Waals surface area contributed by atoms with Crippen LogP contribution in [-0.4, -0.2) is 10.2 Å². The van der Waals surface area contributed by atoms with Crippen LogP contribution in [0.5, 0.6) is 0 Å². The summed E-state index contributed by atoms with van der Waals surface area (Å²) >= 11 is 0. The first-order valence-corrected chi connectivity index (χ1v) is 7.86. The van der Waals surface area contributed by atoms with Crippen LogP contribution in [-0.2, 0) is 0 Å². The lowest BCUT2D eigenvalue weighted by atomic mass is 10.0. The summed E-state index contributed by atoms with van der Waals surface area (Å²) < 4.78 is 5.80. The van der Waals surface area contributed by atoms with E-state index in [1.54, 1.807) is 0 Å². The number of aromatic nitrogens is 2. The Balaban J connectivity index is 1.63. The number of hydrogen-bond donors (Lipinski definition) is 0. The third-order valence-corrected chi connectivity index (χ3v) is 3.93. The summed E-state index contributed by atoms with van der Waals surface area (Å²) in [4.78, 5) is 0. The fourth-order valence-corrected chi connectivity index (χ4v) is 2.67. The standard InChI is InChI=1S/C21H16N2O/c1-15-6-5-9-19(14-15)16-10-12-18(13-11-16)21-23-22-20(24-21)17-7-3-2-4-8-17/h2-14H,1H3. The minimum Gasteiger partial charge on any atom is -0.416 e. The fraction of sp³-hybridized carbons (Fsp3) is 0.0476. The molecule has 0 fully saturated rings. The zero-order valence-electron chi connectivity index (χ0n) is 13.3. The topological polar surface area (TPSA) is 38.9 Å². The highest BCUT2D eigenvalue weighted by atomic mass is 16.4. The zero-order chi connectivity index (χ0) is 16.4. The molecule has 1 aromatic heterocycles. The molecular weight excluding hydrogens is 296 g/mol. The highest BCUT2D eigenvalue weighted by molar-refractivity contribution is 5.68. The van der Waals surface area contributed by atoms with Crippen molar-refractivity contribution in [3.05, 3.63) is 84.4 Å². The third-order valence-electron chi connectivity index (χ3n) is 3.93. The lowest BCUT2D eigenvalue weighted by Crippen LogP contribution is -1.81. The summed E-state index contributed by atoms with van der Waals surface area (Å²) in [5.74, 6) is 1.07. The molecule has 0 spiro atoms. The van der Waals surface area contributed by atoms with Crippen molar-refractivity contribution in [2.75, 3.05) is 0 Å². The molecule has 0 N–H and O–H groups in total. The first kappa shape index (κ1) is 14.4. The lowest BCUT2D eigenvalue weighted by molar-refractivity contribution is 0.584. The van der Waals surface area contributed by atoms with Crippen LogP contribution < -0.4 is 0 Å². The Kier molecular flexibility index (Phi) is 3.67. The Morgan fingerprint density at radius 3 is 1.83 bits per heavy atom. The van der Waals surface area contributed by atoms with Gasteiger partial charge in [0.15, 0.2) is 0 Å². The minimum absolute atomic E-state index is 0.532. The Morgan fingerprint density at radius 2 is 1.17 bits per heavy atom. The van der Waals surface area contributed by atoms with Gasteiger partial charge in [-0.15, -0.1) is 10.2 Å². The molecule has 0 saturated carbocycles. The molecule has 0 aliphatic heterocycles. The van der Waals surface area contributed by atoms with Gasteiger partial charge in [-0.2, -0.15) is 0 Å². The molecular formula is C21H16N2O. The van der Waals surface area contributed by atoms with Crippen molar-refractivity contribution >= 4 is 0 Å². The minimum atomic E-state index is 0.532. The normalized spacial score (nSPS) is 10.7. The number of rotatable bonds is 3. The van der Waals surface area contributed by atoms with E-state index in [0.717, 1.165) is 11.1 Å². The molecule has 3 heteroatoms. The third kappa shape index (κ3) is 2.84. The van der Waals surface area contributed by atoms with Gasteiger partial charge in [0.2, 0.25) is 11.8 Å². The predicted molar refractivity (Wildman–Crippen MR) is 95.3 cm³/mol. The number of aryl methyl sites for hydroxylation is 1. The molecule has 0 unspecified atom stereocenters. The van der Waals surface area contributed by atoms with Gasteiger partial charge in [0.1, 0.15) is 0 Å². The Hall–Kier alpha value is -3.20. The van der Waals surface area contributed by atoms with Crippen LogP contribution in [0.3, 0.4) is 0 Å². The molecule has 3 aromatic carbocycles.